The maximum Gasteiger partial charge on any atom is 0.119 e. The Bertz CT molecular complexity index is 840. The van der Waals surface area contributed by atoms with Crippen LogP contribution in [0.5, 0.6) is 5.75 Å². The molecule has 0 fully saturated rings. The summed E-state index contributed by atoms with van der Waals surface area (Å²) in [6.45, 7) is 23.4. The average Bonchev–Trinajstić information content (AvgIpc) is 3.71. The summed E-state index contributed by atoms with van der Waals surface area (Å²) in [6, 6.07) is 10.9. The van der Waals surface area contributed by atoms with E-state index in [1.165, 1.54) is 49.5 Å². The fourth-order valence-electron chi connectivity index (χ4n) is 3.18. The molecule has 1 aromatic rings. The maximum atomic E-state index is 7.32. The molecule has 2 aliphatic rings. The molecular weight excluding hydrogens is 498 g/mol. The predicted octanol–water partition coefficient (Wildman–Crippen LogP) is 9.91. The molecule has 2 atom stereocenters. The van der Waals surface area contributed by atoms with Crippen LogP contribution in [0.2, 0.25) is 0 Å². The largest absolute Gasteiger partial charge is 0.493 e. The minimum atomic E-state index is 0.594. The van der Waals surface area contributed by atoms with E-state index in [-0.39, 0.29) is 0 Å². The molecule has 222 valence electrons. The van der Waals surface area contributed by atoms with Crippen molar-refractivity contribution in [2.45, 2.75) is 100 Å². The van der Waals surface area contributed by atoms with Gasteiger partial charge in [-0.3, -0.25) is 0 Å². The second kappa shape index (κ2) is 30.1. The number of allylic oxidation sites excluding steroid dienone is 4. The van der Waals surface area contributed by atoms with Crippen LogP contribution in [-0.2, 0) is 0 Å². The Hall–Kier alpha value is -2.42. The monoisotopic (exact) mass is 557 g/mol. The van der Waals surface area contributed by atoms with Gasteiger partial charge >= 0.3 is 0 Å². The van der Waals surface area contributed by atoms with Gasteiger partial charge in [-0.05, 0) is 82.0 Å². The summed E-state index contributed by atoms with van der Waals surface area (Å²) >= 11 is 1.94. The van der Waals surface area contributed by atoms with E-state index >= 15 is 0 Å². The van der Waals surface area contributed by atoms with E-state index < -0.39 is 0 Å². The van der Waals surface area contributed by atoms with Gasteiger partial charge in [0.2, 0.25) is 0 Å². The molecule has 1 aromatic carbocycles. The molecular formula is C34H59N3OS. The highest BCUT2D eigenvalue weighted by Crippen LogP contribution is 2.41. The predicted molar refractivity (Wildman–Crippen MR) is 179 cm³/mol. The molecule has 3 N–H and O–H groups in total. The molecule has 0 aromatic heterocycles. The first-order valence-electron chi connectivity index (χ1n) is 14.6. The lowest BCUT2D eigenvalue weighted by molar-refractivity contribution is 0.256. The van der Waals surface area contributed by atoms with Gasteiger partial charge in [-0.25, -0.2) is 0 Å². The third-order valence-corrected chi connectivity index (χ3v) is 7.01. The first kappa shape index (κ1) is 41.1. The third-order valence-electron chi connectivity index (χ3n) is 5.78. The van der Waals surface area contributed by atoms with Gasteiger partial charge in [0, 0.05) is 23.6 Å². The number of nitrogens with two attached hydrogens (primary N) is 1. The van der Waals surface area contributed by atoms with E-state index in [0.717, 1.165) is 36.8 Å². The van der Waals surface area contributed by atoms with Crippen LogP contribution in [0, 0.1) is 17.2 Å². The Morgan fingerprint density at radius 3 is 2.28 bits per heavy atom. The van der Waals surface area contributed by atoms with Crippen molar-refractivity contribution in [2.24, 2.45) is 11.7 Å². The van der Waals surface area contributed by atoms with E-state index in [4.69, 9.17) is 10.00 Å². The van der Waals surface area contributed by atoms with Crippen LogP contribution in [0.1, 0.15) is 100.0 Å². The highest BCUT2D eigenvalue weighted by Gasteiger charge is 2.17. The number of rotatable bonds is 8. The van der Waals surface area contributed by atoms with Crippen molar-refractivity contribution in [1.29, 1.82) is 5.26 Å². The van der Waals surface area contributed by atoms with Gasteiger partial charge in [0.1, 0.15) is 5.75 Å². The minimum absolute atomic E-state index is 0.594. The Balaban J connectivity index is -0.000000589. The molecule has 2 aliphatic heterocycles. The van der Waals surface area contributed by atoms with Crippen molar-refractivity contribution in [3.05, 3.63) is 71.3 Å². The number of nitriles is 1. The Morgan fingerprint density at radius 1 is 1.23 bits per heavy atom. The van der Waals surface area contributed by atoms with Crippen molar-refractivity contribution in [1.82, 2.24) is 5.32 Å². The number of nitrogens with zero attached hydrogens (tertiary/aromatic N) is 1. The molecule has 3 rings (SSSR count). The molecule has 2 unspecified atom stereocenters. The lowest BCUT2D eigenvalue weighted by Crippen LogP contribution is -2.16. The van der Waals surface area contributed by atoms with Crippen LogP contribution in [0.15, 0.2) is 65.8 Å². The Labute approximate surface area is 246 Å². The molecule has 0 saturated carbocycles. The van der Waals surface area contributed by atoms with Crippen LogP contribution < -0.4 is 15.8 Å². The maximum absolute atomic E-state index is 7.32. The van der Waals surface area contributed by atoms with Gasteiger partial charge in [0.15, 0.2) is 0 Å². The summed E-state index contributed by atoms with van der Waals surface area (Å²) in [5.74, 6) is 2.74. The summed E-state index contributed by atoms with van der Waals surface area (Å²) in [6.07, 6.45) is 14.2. The first-order chi connectivity index (χ1) is 18.9. The number of benzene rings is 1. The normalized spacial score (nSPS) is 15.2. The van der Waals surface area contributed by atoms with Crippen LogP contribution in [-0.4, -0.2) is 25.4 Å². The van der Waals surface area contributed by atoms with Gasteiger partial charge in [-0.2, -0.15) is 5.26 Å². The standard InChI is InChI=1S/C19H26OS.C6H11N.C4H8.C2H3N.C2H6.CH5N/c1-5-14(3)13-20-18-9-7-8-17(12-18)15(4)19-16(6-2)10-11-21-19;1-2-6-4-3-5-7-6;1-3-4-2;1-2-3;2*1-2/h7-9,12,14H,4-6,10-11,13H2,1-3H3;3,5-7H,2,4H2,1H3;3-4H,1-2H3;1H3;1-2H3;2H2,1H3/b;;4-3-;;;. The van der Waals surface area contributed by atoms with Crippen molar-refractivity contribution < 1.29 is 4.74 Å². The Kier molecular flexibility index (Phi) is 31.7. The average molecular weight is 558 g/mol. The smallest absolute Gasteiger partial charge is 0.119 e. The fourth-order valence-corrected chi connectivity index (χ4v) is 4.47. The zero-order valence-corrected chi connectivity index (χ0v) is 27.6. The summed E-state index contributed by atoms with van der Waals surface area (Å²) < 4.78 is 5.90. The molecule has 0 bridgehead atoms. The molecule has 0 amide bonds. The highest BCUT2D eigenvalue weighted by molar-refractivity contribution is 8.03. The molecule has 0 aliphatic carbocycles. The molecule has 39 heavy (non-hydrogen) atoms. The van der Waals surface area contributed by atoms with Crippen molar-refractivity contribution in [3.8, 4) is 11.8 Å². The molecule has 0 radical (unpaired) electrons. The summed E-state index contributed by atoms with van der Waals surface area (Å²) in [7, 11) is 1.50. The highest BCUT2D eigenvalue weighted by atomic mass is 32.2. The van der Waals surface area contributed by atoms with Gasteiger partial charge in [-0.15, -0.1) is 11.8 Å². The molecule has 0 spiro atoms. The van der Waals surface area contributed by atoms with Gasteiger partial charge in [-0.1, -0.05) is 90.5 Å². The van der Waals surface area contributed by atoms with Crippen LogP contribution in [0.4, 0.5) is 0 Å². The summed E-state index contributed by atoms with van der Waals surface area (Å²) in [5.41, 5.74) is 8.39. The van der Waals surface area contributed by atoms with E-state index in [2.05, 4.69) is 69.6 Å². The number of nitrogens with one attached hydrogen (secondary N) is 1. The summed E-state index contributed by atoms with van der Waals surface area (Å²) in [5, 5.41) is 10.5. The first-order valence-corrected chi connectivity index (χ1v) is 15.5. The fraction of sp³-hybridized carbons (Fsp3) is 0.559. The van der Waals surface area contributed by atoms with E-state index in [0.29, 0.717) is 5.92 Å². The van der Waals surface area contributed by atoms with E-state index in [1.807, 2.05) is 63.9 Å². The van der Waals surface area contributed by atoms with Crippen LogP contribution >= 0.6 is 11.8 Å². The van der Waals surface area contributed by atoms with Crippen LogP contribution in [0.3, 0.4) is 0 Å². The van der Waals surface area contributed by atoms with Crippen molar-refractivity contribution in [3.63, 3.8) is 0 Å². The third kappa shape index (κ3) is 20.2. The number of ether oxygens (including phenoxy) is 1. The second-order valence-corrected chi connectivity index (χ2v) is 9.62. The van der Waals surface area contributed by atoms with Crippen molar-refractivity contribution >= 4 is 17.3 Å². The molecule has 5 heteroatoms. The lowest BCUT2D eigenvalue weighted by atomic mass is 10.0. The SMILES string of the molecule is C/C=C\C.C=C(C1=C(CC)CCS1)c1cccc(OCC(C)CC)c1.CC.CC#N.CCC1CC=CN1.CN. The topological polar surface area (TPSA) is 71.1 Å². The number of thioether (sulfide) groups is 1. The molecule has 2 heterocycles. The van der Waals surface area contributed by atoms with Crippen molar-refractivity contribution in [2.75, 3.05) is 19.4 Å². The second-order valence-electron chi connectivity index (χ2n) is 8.52. The molecule has 0 saturated heterocycles. The van der Waals surface area contributed by atoms with E-state index in [1.54, 1.807) is 11.6 Å². The Morgan fingerprint density at radius 2 is 1.85 bits per heavy atom. The zero-order valence-electron chi connectivity index (χ0n) is 26.8. The van der Waals surface area contributed by atoms with Gasteiger partial charge < -0.3 is 15.8 Å². The van der Waals surface area contributed by atoms with Gasteiger partial charge in [0.25, 0.3) is 0 Å². The quantitative estimate of drug-likeness (QED) is 0.311. The van der Waals surface area contributed by atoms with Gasteiger partial charge in [0.05, 0.1) is 12.7 Å². The number of hydrogen-bond acceptors (Lipinski definition) is 5. The number of hydrogen-bond donors (Lipinski definition) is 2. The van der Waals surface area contributed by atoms with E-state index in [9.17, 15) is 0 Å². The zero-order chi connectivity index (χ0) is 30.5. The minimum Gasteiger partial charge on any atom is -0.493 e. The molecule has 4 nitrogen and oxygen atoms in total. The van der Waals surface area contributed by atoms with Crippen LogP contribution in [0.25, 0.3) is 5.57 Å². The summed E-state index contributed by atoms with van der Waals surface area (Å²) in [4.78, 5) is 1.40. The lowest BCUT2D eigenvalue weighted by Gasteiger charge is -2.13.